The van der Waals surface area contributed by atoms with Gasteiger partial charge in [-0.05, 0) is 32.6 Å². The summed E-state index contributed by atoms with van der Waals surface area (Å²) in [7, 11) is 0. The molecule has 2 aromatic rings. The molecule has 25 heavy (non-hydrogen) atoms. The van der Waals surface area contributed by atoms with Gasteiger partial charge in [0.25, 0.3) is 5.91 Å². The summed E-state index contributed by atoms with van der Waals surface area (Å²) in [6, 6.07) is 0.214. The van der Waals surface area contributed by atoms with E-state index in [1.165, 1.54) is 6.20 Å². The van der Waals surface area contributed by atoms with Crippen molar-refractivity contribution < 1.29 is 14.7 Å². The van der Waals surface area contributed by atoms with E-state index in [2.05, 4.69) is 15.4 Å². The van der Waals surface area contributed by atoms with Crippen LogP contribution in [0.5, 0.6) is 0 Å². The summed E-state index contributed by atoms with van der Waals surface area (Å²) in [5.41, 5.74) is 0.535. The molecule has 1 aliphatic rings. The van der Waals surface area contributed by atoms with Crippen molar-refractivity contribution in [2.24, 2.45) is 5.92 Å². The number of likely N-dealkylation sites (tertiary alicyclic amines) is 1. The van der Waals surface area contributed by atoms with Crippen molar-refractivity contribution in [1.29, 1.82) is 0 Å². The van der Waals surface area contributed by atoms with Crippen molar-refractivity contribution in [2.75, 3.05) is 13.1 Å². The Kier molecular flexibility index (Phi) is 4.82. The van der Waals surface area contributed by atoms with Crippen molar-refractivity contribution in [2.45, 2.75) is 39.3 Å². The van der Waals surface area contributed by atoms with Crippen LogP contribution in [0.25, 0.3) is 0 Å². The summed E-state index contributed by atoms with van der Waals surface area (Å²) in [6.45, 7) is 5.92. The molecule has 3 rings (SSSR count). The fourth-order valence-corrected chi connectivity index (χ4v) is 3.06. The van der Waals surface area contributed by atoms with Gasteiger partial charge in [-0.3, -0.25) is 14.2 Å². The number of carbonyl (C=O) groups is 2. The summed E-state index contributed by atoms with van der Waals surface area (Å²) in [5.74, 6) is -0.878. The molecule has 0 bridgehead atoms. The number of amides is 1. The number of hydrogen-bond acceptors (Lipinski definition) is 5. The fourth-order valence-electron chi connectivity index (χ4n) is 3.06. The lowest BCUT2D eigenvalue weighted by atomic mass is 9.97. The van der Waals surface area contributed by atoms with E-state index in [4.69, 9.17) is 5.11 Å². The largest absolute Gasteiger partial charge is 0.476 e. The Labute approximate surface area is 145 Å². The monoisotopic (exact) mass is 346 g/mol. The molecular formula is C16H22N6O3. The minimum atomic E-state index is -1.09. The molecule has 0 spiro atoms. The molecule has 9 heteroatoms. The molecule has 1 amide bonds. The Hall–Kier alpha value is -2.71. The summed E-state index contributed by atoms with van der Waals surface area (Å²) in [4.78, 5) is 25.4. The molecule has 0 aromatic carbocycles. The quantitative estimate of drug-likeness (QED) is 0.875. The van der Waals surface area contributed by atoms with E-state index in [9.17, 15) is 9.59 Å². The third-order valence-electron chi connectivity index (χ3n) is 4.39. The van der Waals surface area contributed by atoms with E-state index in [1.54, 1.807) is 21.8 Å². The van der Waals surface area contributed by atoms with Crippen molar-refractivity contribution >= 4 is 11.9 Å². The number of nitrogens with zero attached hydrogens (tertiary/aromatic N) is 6. The summed E-state index contributed by atoms with van der Waals surface area (Å²) < 4.78 is 3.32. The zero-order valence-electron chi connectivity index (χ0n) is 14.4. The number of aromatic carboxylic acids is 1. The minimum absolute atomic E-state index is 0.0126. The van der Waals surface area contributed by atoms with Crippen molar-refractivity contribution in [3.05, 3.63) is 29.8 Å². The van der Waals surface area contributed by atoms with Gasteiger partial charge in [0, 0.05) is 31.9 Å². The Morgan fingerprint density at radius 1 is 1.36 bits per heavy atom. The van der Waals surface area contributed by atoms with E-state index in [0.717, 1.165) is 19.4 Å². The Morgan fingerprint density at radius 3 is 2.80 bits per heavy atom. The third kappa shape index (κ3) is 3.86. The zero-order chi connectivity index (χ0) is 18.0. The van der Waals surface area contributed by atoms with Crippen LogP contribution in [0.4, 0.5) is 0 Å². The van der Waals surface area contributed by atoms with Gasteiger partial charge in [0.05, 0.1) is 18.0 Å². The van der Waals surface area contributed by atoms with Gasteiger partial charge in [-0.1, -0.05) is 5.21 Å². The lowest BCUT2D eigenvalue weighted by molar-refractivity contribution is 0.0658. The second kappa shape index (κ2) is 7.04. The first kappa shape index (κ1) is 17.1. The first-order chi connectivity index (χ1) is 11.9. The van der Waals surface area contributed by atoms with E-state index in [-0.39, 0.29) is 23.6 Å². The van der Waals surface area contributed by atoms with Crippen molar-refractivity contribution in [3.8, 4) is 0 Å². The predicted molar refractivity (Wildman–Crippen MR) is 88.2 cm³/mol. The molecule has 0 radical (unpaired) electrons. The average molecular weight is 346 g/mol. The van der Waals surface area contributed by atoms with Crippen LogP contribution in [-0.2, 0) is 6.54 Å². The molecule has 0 aliphatic carbocycles. The number of piperidine rings is 1. The third-order valence-corrected chi connectivity index (χ3v) is 4.39. The number of carboxylic acid groups (broad SMARTS) is 1. The fraction of sp³-hybridized carbons (Fsp3) is 0.562. The summed E-state index contributed by atoms with van der Waals surface area (Å²) in [5, 5.41) is 20.6. The van der Waals surface area contributed by atoms with Crippen LogP contribution in [0.3, 0.4) is 0 Å². The number of hydrogen-bond donors (Lipinski definition) is 1. The molecule has 1 saturated heterocycles. The van der Waals surface area contributed by atoms with E-state index in [1.807, 2.05) is 18.7 Å². The van der Waals surface area contributed by atoms with Gasteiger partial charge in [-0.15, -0.1) is 5.10 Å². The number of rotatable bonds is 5. The predicted octanol–water partition coefficient (Wildman–Crippen LogP) is 1.31. The topological polar surface area (TPSA) is 106 Å². The Morgan fingerprint density at radius 2 is 2.16 bits per heavy atom. The van der Waals surface area contributed by atoms with Crippen LogP contribution in [-0.4, -0.2) is 59.7 Å². The van der Waals surface area contributed by atoms with Gasteiger partial charge < -0.3 is 10.0 Å². The standard InChI is InChI=1S/C16H22N6O3/c1-11(2)22-9-13(6-17-22)15(23)20-5-3-4-12(7-20)8-21-10-14(16(24)25)18-19-21/h6,9-12H,3-5,7-8H2,1-2H3,(H,24,25). The van der Waals surface area contributed by atoms with Crippen molar-refractivity contribution in [1.82, 2.24) is 29.7 Å². The van der Waals surface area contributed by atoms with Gasteiger partial charge in [0.2, 0.25) is 0 Å². The minimum Gasteiger partial charge on any atom is -0.476 e. The lowest BCUT2D eigenvalue weighted by Crippen LogP contribution is -2.41. The maximum absolute atomic E-state index is 12.7. The molecule has 1 unspecified atom stereocenters. The van der Waals surface area contributed by atoms with Gasteiger partial charge in [-0.2, -0.15) is 5.10 Å². The molecule has 1 N–H and O–H groups in total. The first-order valence-corrected chi connectivity index (χ1v) is 8.41. The van der Waals surface area contributed by atoms with Crippen LogP contribution < -0.4 is 0 Å². The smallest absolute Gasteiger partial charge is 0.358 e. The summed E-state index contributed by atoms with van der Waals surface area (Å²) >= 11 is 0. The van der Waals surface area contributed by atoms with E-state index in [0.29, 0.717) is 18.7 Å². The zero-order valence-corrected chi connectivity index (χ0v) is 14.4. The van der Waals surface area contributed by atoms with Gasteiger partial charge in [0.15, 0.2) is 5.69 Å². The number of aromatic nitrogens is 5. The molecule has 134 valence electrons. The van der Waals surface area contributed by atoms with Crippen LogP contribution in [0.1, 0.15) is 53.6 Å². The highest BCUT2D eigenvalue weighted by Crippen LogP contribution is 2.20. The molecule has 2 aromatic heterocycles. The van der Waals surface area contributed by atoms with Gasteiger partial charge in [-0.25, -0.2) is 4.79 Å². The maximum Gasteiger partial charge on any atom is 0.358 e. The molecule has 3 heterocycles. The van der Waals surface area contributed by atoms with E-state index < -0.39 is 5.97 Å². The highest BCUT2D eigenvalue weighted by Gasteiger charge is 2.26. The van der Waals surface area contributed by atoms with Crippen molar-refractivity contribution in [3.63, 3.8) is 0 Å². The number of carbonyl (C=O) groups excluding carboxylic acids is 1. The molecule has 0 saturated carbocycles. The SMILES string of the molecule is CC(C)n1cc(C(=O)N2CCCC(Cn3cc(C(=O)O)nn3)C2)cn1. The van der Waals surface area contributed by atoms with Crippen LogP contribution in [0.15, 0.2) is 18.6 Å². The maximum atomic E-state index is 12.7. The second-order valence-electron chi connectivity index (χ2n) is 6.69. The van der Waals surface area contributed by atoms with Crippen LogP contribution >= 0.6 is 0 Å². The number of carboxylic acids is 1. The van der Waals surface area contributed by atoms with Gasteiger partial charge >= 0.3 is 5.97 Å². The lowest BCUT2D eigenvalue weighted by Gasteiger charge is -2.32. The molecule has 1 aliphatic heterocycles. The average Bonchev–Trinajstić information content (AvgIpc) is 3.24. The highest BCUT2D eigenvalue weighted by molar-refractivity contribution is 5.93. The summed E-state index contributed by atoms with van der Waals surface area (Å²) in [6.07, 6.45) is 6.71. The Bertz CT molecular complexity index is 766. The van der Waals surface area contributed by atoms with Crippen LogP contribution in [0, 0.1) is 5.92 Å². The molecular weight excluding hydrogens is 324 g/mol. The molecule has 1 atom stereocenters. The first-order valence-electron chi connectivity index (χ1n) is 8.41. The molecule has 9 nitrogen and oxygen atoms in total. The highest BCUT2D eigenvalue weighted by atomic mass is 16.4. The normalized spacial score (nSPS) is 17.9. The van der Waals surface area contributed by atoms with E-state index >= 15 is 0 Å². The Balaban J connectivity index is 1.63. The van der Waals surface area contributed by atoms with Gasteiger partial charge in [0.1, 0.15) is 0 Å². The van der Waals surface area contributed by atoms with Crippen LogP contribution in [0.2, 0.25) is 0 Å². The molecule has 1 fully saturated rings. The second-order valence-corrected chi connectivity index (χ2v) is 6.69.